The van der Waals surface area contributed by atoms with E-state index in [2.05, 4.69) is 20.8 Å². The summed E-state index contributed by atoms with van der Waals surface area (Å²) in [5.41, 5.74) is 1.44. The van der Waals surface area contributed by atoms with Crippen molar-refractivity contribution >= 4 is 40.0 Å². The molecular weight excluding hydrogens is 480 g/mol. The van der Waals surface area contributed by atoms with Gasteiger partial charge in [0.15, 0.2) is 27.3 Å². The Balaban J connectivity index is 1.20. The maximum Gasteiger partial charge on any atom is 0.257 e. The Morgan fingerprint density at radius 3 is 2.71 bits per heavy atom. The number of ether oxygens (including phenoxy) is 4. The summed E-state index contributed by atoms with van der Waals surface area (Å²) in [5, 5.41) is 13.9. The second kappa shape index (κ2) is 11.1. The van der Waals surface area contributed by atoms with Gasteiger partial charge in [0, 0.05) is 12.1 Å². The maximum absolute atomic E-state index is 12.4. The highest BCUT2D eigenvalue weighted by atomic mass is 32.2. The normalized spacial score (nSPS) is 11.7. The Morgan fingerprint density at radius 1 is 1.06 bits per heavy atom. The summed E-state index contributed by atoms with van der Waals surface area (Å²) in [6.45, 7) is 0.628. The van der Waals surface area contributed by atoms with Crippen molar-refractivity contribution in [2.24, 2.45) is 0 Å². The van der Waals surface area contributed by atoms with Gasteiger partial charge >= 0.3 is 0 Å². The van der Waals surface area contributed by atoms with Crippen molar-refractivity contribution in [2.75, 3.05) is 38.6 Å². The van der Waals surface area contributed by atoms with Crippen molar-refractivity contribution in [1.82, 2.24) is 15.5 Å². The SMILES string of the molecule is COc1ccc(CCNC(=O)CSc2nnc(NC(=O)c3ccc4c(c3)OCO4)s2)cc1OC. The van der Waals surface area contributed by atoms with Crippen LogP contribution in [0.2, 0.25) is 0 Å². The van der Waals surface area contributed by atoms with Crippen molar-refractivity contribution in [3.63, 3.8) is 0 Å². The van der Waals surface area contributed by atoms with Gasteiger partial charge in [-0.2, -0.15) is 0 Å². The van der Waals surface area contributed by atoms with Gasteiger partial charge in [-0.15, -0.1) is 10.2 Å². The molecule has 34 heavy (non-hydrogen) atoms. The minimum absolute atomic E-state index is 0.119. The molecule has 2 aromatic carbocycles. The van der Waals surface area contributed by atoms with E-state index >= 15 is 0 Å². The lowest BCUT2D eigenvalue weighted by atomic mass is 10.1. The molecule has 0 atom stereocenters. The van der Waals surface area contributed by atoms with Crippen LogP contribution in [0.4, 0.5) is 5.13 Å². The number of fused-ring (bicyclic) bond motifs is 1. The van der Waals surface area contributed by atoms with Gasteiger partial charge in [-0.3, -0.25) is 14.9 Å². The van der Waals surface area contributed by atoms with Crippen LogP contribution >= 0.6 is 23.1 Å². The van der Waals surface area contributed by atoms with Crippen molar-refractivity contribution in [3.8, 4) is 23.0 Å². The van der Waals surface area contributed by atoms with Crippen LogP contribution < -0.4 is 29.6 Å². The molecule has 1 aliphatic heterocycles. The summed E-state index contributed by atoms with van der Waals surface area (Å²) in [4.78, 5) is 24.6. The Morgan fingerprint density at radius 2 is 1.88 bits per heavy atom. The second-order valence-corrected chi connectivity index (χ2v) is 9.17. The lowest BCUT2D eigenvalue weighted by molar-refractivity contribution is -0.118. The van der Waals surface area contributed by atoms with Crippen LogP contribution in [0.3, 0.4) is 0 Å². The smallest absolute Gasteiger partial charge is 0.257 e. The molecule has 10 nitrogen and oxygen atoms in total. The molecule has 2 N–H and O–H groups in total. The summed E-state index contributed by atoms with van der Waals surface area (Å²) in [6, 6.07) is 10.6. The average molecular weight is 503 g/mol. The summed E-state index contributed by atoms with van der Waals surface area (Å²) in [6.07, 6.45) is 0.658. The topological polar surface area (TPSA) is 121 Å². The van der Waals surface area contributed by atoms with Crippen LogP contribution in [0.25, 0.3) is 0 Å². The largest absolute Gasteiger partial charge is 0.493 e. The van der Waals surface area contributed by atoms with Gasteiger partial charge in [0.1, 0.15) is 0 Å². The van der Waals surface area contributed by atoms with Crippen LogP contribution in [0.1, 0.15) is 15.9 Å². The number of methoxy groups -OCH3 is 2. The van der Waals surface area contributed by atoms with E-state index in [9.17, 15) is 9.59 Å². The zero-order valence-electron chi connectivity index (χ0n) is 18.5. The number of hydrogen-bond acceptors (Lipinski definition) is 10. The van der Waals surface area contributed by atoms with E-state index in [4.69, 9.17) is 18.9 Å². The Bertz CT molecular complexity index is 1190. The molecule has 12 heteroatoms. The average Bonchev–Trinajstić information content (AvgIpc) is 3.51. The van der Waals surface area contributed by atoms with Crippen molar-refractivity contribution in [3.05, 3.63) is 47.5 Å². The fourth-order valence-electron chi connectivity index (χ4n) is 3.09. The first-order chi connectivity index (χ1) is 16.6. The number of carbonyl (C=O) groups excluding carboxylic acids is 2. The highest BCUT2D eigenvalue weighted by Crippen LogP contribution is 2.33. The van der Waals surface area contributed by atoms with Gasteiger partial charge in [0.2, 0.25) is 17.8 Å². The molecule has 178 valence electrons. The molecule has 0 aliphatic carbocycles. The number of nitrogens with zero attached hydrogens (tertiary/aromatic N) is 2. The number of benzene rings is 2. The number of hydrogen-bond donors (Lipinski definition) is 2. The van der Waals surface area contributed by atoms with Crippen LogP contribution in [0, 0.1) is 0 Å². The highest BCUT2D eigenvalue weighted by Gasteiger charge is 2.17. The third kappa shape index (κ3) is 5.88. The predicted molar refractivity (Wildman–Crippen MR) is 127 cm³/mol. The van der Waals surface area contributed by atoms with E-state index in [1.165, 1.54) is 23.1 Å². The van der Waals surface area contributed by atoms with E-state index in [-0.39, 0.29) is 24.4 Å². The van der Waals surface area contributed by atoms with E-state index in [0.29, 0.717) is 51.0 Å². The van der Waals surface area contributed by atoms with Gasteiger partial charge in [-0.1, -0.05) is 29.2 Å². The minimum atomic E-state index is -0.334. The first-order valence-corrected chi connectivity index (χ1v) is 12.0. The number of anilines is 1. The summed E-state index contributed by atoms with van der Waals surface area (Å²) >= 11 is 2.45. The third-order valence-corrected chi connectivity index (χ3v) is 6.74. The second-order valence-electron chi connectivity index (χ2n) is 6.97. The fourth-order valence-corrected chi connectivity index (χ4v) is 4.66. The summed E-state index contributed by atoms with van der Waals surface area (Å²) in [7, 11) is 3.17. The number of thioether (sulfide) groups is 1. The molecule has 0 saturated carbocycles. The molecule has 0 spiro atoms. The van der Waals surface area contributed by atoms with Gasteiger partial charge < -0.3 is 24.3 Å². The minimum Gasteiger partial charge on any atom is -0.493 e. The maximum atomic E-state index is 12.4. The Labute approximate surface area is 204 Å². The molecule has 1 aromatic heterocycles. The number of amides is 2. The first kappa shape index (κ1) is 23.6. The Kier molecular flexibility index (Phi) is 7.70. The molecule has 2 heterocycles. The quantitative estimate of drug-likeness (QED) is 0.318. The molecule has 2 amide bonds. The number of rotatable bonds is 10. The monoisotopic (exact) mass is 502 g/mol. The van der Waals surface area contributed by atoms with Gasteiger partial charge in [0.25, 0.3) is 5.91 Å². The van der Waals surface area contributed by atoms with Crippen molar-refractivity contribution in [2.45, 2.75) is 10.8 Å². The van der Waals surface area contributed by atoms with E-state index in [0.717, 1.165) is 5.56 Å². The van der Waals surface area contributed by atoms with Gasteiger partial charge in [-0.25, -0.2) is 0 Å². The molecule has 0 unspecified atom stereocenters. The zero-order chi connectivity index (χ0) is 23.9. The lowest BCUT2D eigenvalue weighted by Crippen LogP contribution is -2.27. The Hall–Kier alpha value is -3.51. The van der Waals surface area contributed by atoms with Crippen LogP contribution in [0.15, 0.2) is 40.7 Å². The van der Waals surface area contributed by atoms with Crippen LogP contribution in [-0.4, -0.2) is 55.3 Å². The molecular formula is C22H22N4O6S2. The molecule has 3 aromatic rings. The molecule has 0 saturated heterocycles. The van der Waals surface area contributed by atoms with Gasteiger partial charge in [-0.05, 0) is 42.3 Å². The lowest BCUT2D eigenvalue weighted by Gasteiger charge is -2.10. The molecule has 0 bridgehead atoms. The highest BCUT2D eigenvalue weighted by molar-refractivity contribution is 8.01. The molecule has 0 fully saturated rings. The van der Waals surface area contributed by atoms with Crippen molar-refractivity contribution < 1.29 is 28.5 Å². The van der Waals surface area contributed by atoms with Crippen LogP contribution in [-0.2, 0) is 11.2 Å². The third-order valence-electron chi connectivity index (χ3n) is 4.77. The number of aromatic nitrogens is 2. The standard InChI is InChI=1S/C22H22N4O6S2/c1-29-15-5-3-13(9-17(15)30-2)7-8-23-19(27)11-33-22-26-25-21(34-22)24-20(28)14-4-6-16-18(10-14)32-12-31-16/h3-6,9-10H,7-8,11-12H2,1-2H3,(H,23,27)(H,24,25,28). The first-order valence-electron chi connectivity index (χ1n) is 10.2. The molecule has 4 rings (SSSR count). The molecule has 1 aliphatic rings. The van der Waals surface area contributed by atoms with E-state index < -0.39 is 0 Å². The summed E-state index contributed by atoms with van der Waals surface area (Å²) < 4.78 is 21.6. The predicted octanol–water partition coefficient (Wildman–Crippen LogP) is 2.99. The zero-order valence-corrected chi connectivity index (χ0v) is 20.1. The summed E-state index contributed by atoms with van der Waals surface area (Å²) in [5.74, 6) is 2.18. The van der Waals surface area contributed by atoms with Gasteiger partial charge in [0.05, 0.1) is 20.0 Å². The number of nitrogens with one attached hydrogen (secondary N) is 2. The van der Waals surface area contributed by atoms with Crippen LogP contribution in [0.5, 0.6) is 23.0 Å². The molecule has 0 radical (unpaired) electrons. The van der Waals surface area contributed by atoms with Crippen molar-refractivity contribution in [1.29, 1.82) is 0 Å². The van der Waals surface area contributed by atoms with E-state index in [1.807, 2.05) is 18.2 Å². The fraction of sp³-hybridized carbons (Fsp3) is 0.273. The number of carbonyl (C=O) groups is 2. The van der Waals surface area contributed by atoms with E-state index in [1.54, 1.807) is 32.4 Å².